The molecule has 23 heavy (non-hydrogen) atoms. The summed E-state index contributed by atoms with van der Waals surface area (Å²) in [6.45, 7) is 5.40. The normalized spacial score (nSPS) is 30.4. The number of ether oxygens (including phenoxy) is 1. The molecule has 2 fully saturated rings. The maximum absolute atomic E-state index is 11.3. The van der Waals surface area contributed by atoms with E-state index in [0.717, 1.165) is 22.6 Å². The van der Waals surface area contributed by atoms with Crippen LogP contribution in [-0.2, 0) is 10.3 Å². The third kappa shape index (κ3) is 2.69. The van der Waals surface area contributed by atoms with Gasteiger partial charge in [0.25, 0.3) is 0 Å². The summed E-state index contributed by atoms with van der Waals surface area (Å²) in [5, 5.41) is 19.4. The topological polar surface area (TPSA) is 59.3 Å². The quantitative estimate of drug-likeness (QED) is 0.888. The third-order valence-corrected chi connectivity index (χ3v) is 4.92. The SMILES string of the molecule is Cc1cc(C)n(-c2cccc(C3(O)CC4COCC(C3)N4)c2)n1. The van der Waals surface area contributed by atoms with Crippen molar-refractivity contribution in [3.05, 3.63) is 47.3 Å². The molecule has 5 nitrogen and oxygen atoms in total. The van der Waals surface area contributed by atoms with E-state index in [9.17, 15) is 5.11 Å². The highest BCUT2D eigenvalue weighted by atomic mass is 16.5. The van der Waals surface area contributed by atoms with E-state index in [-0.39, 0.29) is 12.1 Å². The van der Waals surface area contributed by atoms with E-state index in [1.807, 2.05) is 36.7 Å². The van der Waals surface area contributed by atoms with Crippen LogP contribution in [-0.4, -0.2) is 40.2 Å². The maximum Gasteiger partial charge on any atom is 0.0928 e. The van der Waals surface area contributed by atoms with Gasteiger partial charge in [0.1, 0.15) is 0 Å². The molecular weight excluding hydrogens is 290 g/mol. The molecule has 122 valence electrons. The fourth-order valence-corrected chi connectivity index (χ4v) is 3.97. The standard InChI is InChI=1S/C18H23N3O2/c1-12-6-13(2)21(20-12)17-5-3-4-14(7-17)18(22)8-15-10-23-11-16(9-18)19-15/h3-7,15-16,19,22H,8-11H2,1-2H3. The van der Waals surface area contributed by atoms with Crippen molar-refractivity contribution >= 4 is 0 Å². The van der Waals surface area contributed by atoms with Crippen molar-refractivity contribution in [3.63, 3.8) is 0 Å². The second-order valence-electron chi connectivity index (χ2n) is 6.93. The van der Waals surface area contributed by atoms with E-state index in [1.165, 1.54) is 0 Å². The first-order chi connectivity index (χ1) is 11.0. The Morgan fingerprint density at radius 3 is 2.61 bits per heavy atom. The molecule has 2 aliphatic heterocycles. The Labute approximate surface area is 136 Å². The molecule has 0 amide bonds. The van der Waals surface area contributed by atoms with Crippen LogP contribution in [0.2, 0.25) is 0 Å². The van der Waals surface area contributed by atoms with E-state index in [0.29, 0.717) is 26.1 Å². The summed E-state index contributed by atoms with van der Waals surface area (Å²) < 4.78 is 7.53. The van der Waals surface area contributed by atoms with Gasteiger partial charge in [-0.25, -0.2) is 4.68 Å². The van der Waals surface area contributed by atoms with Gasteiger partial charge in [-0.15, -0.1) is 0 Å². The number of benzene rings is 1. The Kier molecular flexibility index (Phi) is 3.52. The number of nitrogens with zero attached hydrogens (tertiary/aromatic N) is 2. The van der Waals surface area contributed by atoms with Crippen molar-refractivity contribution in [1.29, 1.82) is 0 Å². The van der Waals surface area contributed by atoms with Gasteiger partial charge < -0.3 is 15.2 Å². The Hall–Kier alpha value is -1.69. The second-order valence-corrected chi connectivity index (χ2v) is 6.93. The predicted octanol–water partition coefficient (Wildman–Crippen LogP) is 1.83. The van der Waals surface area contributed by atoms with E-state index < -0.39 is 5.60 Å². The second kappa shape index (κ2) is 5.44. The summed E-state index contributed by atoms with van der Waals surface area (Å²) in [7, 11) is 0. The van der Waals surface area contributed by atoms with E-state index in [2.05, 4.69) is 22.5 Å². The Morgan fingerprint density at radius 1 is 1.22 bits per heavy atom. The lowest BCUT2D eigenvalue weighted by molar-refractivity contribution is -0.0802. The number of aliphatic hydroxyl groups is 1. The molecule has 2 bridgehead atoms. The molecule has 1 aromatic heterocycles. The van der Waals surface area contributed by atoms with Crippen LogP contribution in [0.5, 0.6) is 0 Å². The highest BCUT2D eigenvalue weighted by molar-refractivity contribution is 5.40. The van der Waals surface area contributed by atoms with E-state index >= 15 is 0 Å². The molecule has 3 heterocycles. The monoisotopic (exact) mass is 313 g/mol. The first kappa shape index (κ1) is 14.9. The number of morpholine rings is 1. The van der Waals surface area contributed by atoms with Gasteiger partial charge in [0.05, 0.1) is 30.2 Å². The Morgan fingerprint density at radius 2 is 1.96 bits per heavy atom. The molecule has 0 aliphatic carbocycles. The fraction of sp³-hybridized carbons (Fsp3) is 0.500. The smallest absolute Gasteiger partial charge is 0.0928 e. The van der Waals surface area contributed by atoms with Gasteiger partial charge in [-0.1, -0.05) is 12.1 Å². The molecule has 0 spiro atoms. The van der Waals surface area contributed by atoms with Gasteiger partial charge >= 0.3 is 0 Å². The number of hydrogen-bond donors (Lipinski definition) is 2. The average Bonchev–Trinajstić information content (AvgIpc) is 2.85. The molecular formula is C18H23N3O2. The first-order valence-electron chi connectivity index (χ1n) is 8.24. The van der Waals surface area contributed by atoms with Crippen molar-refractivity contribution in [2.45, 2.75) is 44.4 Å². The minimum absolute atomic E-state index is 0.227. The predicted molar refractivity (Wildman–Crippen MR) is 87.7 cm³/mol. The number of fused-ring (bicyclic) bond motifs is 2. The number of aromatic nitrogens is 2. The molecule has 0 saturated carbocycles. The van der Waals surface area contributed by atoms with Crippen LogP contribution in [0.25, 0.3) is 5.69 Å². The summed E-state index contributed by atoms with van der Waals surface area (Å²) in [5.74, 6) is 0. The lowest BCUT2D eigenvalue weighted by Gasteiger charge is -2.45. The molecule has 4 rings (SSSR count). The zero-order valence-electron chi connectivity index (χ0n) is 13.6. The summed E-state index contributed by atoms with van der Waals surface area (Å²) in [6, 6.07) is 10.7. The van der Waals surface area contributed by atoms with Crippen molar-refractivity contribution in [3.8, 4) is 5.69 Å². The van der Waals surface area contributed by atoms with Crippen LogP contribution in [0.4, 0.5) is 0 Å². The van der Waals surface area contributed by atoms with E-state index in [1.54, 1.807) is 0 Å². The molecule has 2 atom stereocenters. The zero-order valence-corrected chi connectivity index (χ0v) is 13.6. The Bertz CT molecular complexity index is 713. The summed E-state index contributed by atoms with van der Waals surface area (Å²) in [4.78, 5) is 0. The van der Waals surface area contributed by atoms with Crippen LogP contribution in [0.15, 0.2) is 30.3 Å². The third-order valence-electron chi connectivity index (χ3n) is 4.92. The highest BCUT2D eigenvalue weighted by Gasteiger charge is 2.42. The van der Waals surface area contributed by atoms with Crippen molar-refractivity contribution in [2.75, 3.05) is 13.2 Å². The maximum atomic E-state index is 11.3. The van der Waals surface area contributed by atoms with Gasteiger partial charge in [0.15, 0.2) is 0 Å². The zero-order chi connectivity index (χ0) is 16.0. The lowest BCUT2D eigenvalue weighted by atomic mass is 9.78. The number of aryl methyl sites for hydroxylation is 2. The molecule has 0 radical (unpaired) electrons. The molecule has 2 aliphatic rings. The van der Waals surface area contributed by atoms with Crippen LogP contribution >= 0.6 is 0 Å². The van der Waals surface area contributed by atoms with Gasteiger partial charge in [0, 0.05) is 17.8 Å². The Balaban J connectivity index is 1.69. The highest BCUT2D eigenvalue weighted by Crippen LogP contribution is 2.37. The van der Waals surface area contributed by atoms with Crippen molar-refractivity contribution in [1.82, 2.24) is 15.1 Å². The van der Waals surface area contributed by atoms with Crippen molar-refractivity contribution < 1.29 is 9.84 Å². The molecule has 2 unspecified atom stereocenters. The summed E-state index contributed by atoms with van der Waals surface area (Å²) >= 11 is 0. The summed E-state index contributed by atoms with van der Waals surface area (Å²) in [5.41, 5.74) is 3.28. The number of rotatable bonds is 2. The van der Waals surface area contributed by atoms with Crippen LogP contribution in [0, 0.1) is 13.8 Å². The number of hydrogen-bond acceptors (Lipinski definition) is 4. The first-order valence-corrected chi connectivity index (χ1v) is 8.24. The van der Waals surface area contributed by atoms with Gasteiger partial charge in [0.2, 0.25) is 0 Å². The fourth-order valence-electron chi connectivity index (χ4n) is 3.97. The van der Waals surface area contributed by atoms with Gasteiger partial charge in [-0.05, 0) is 50.5 Å². The molecule has 2 aromatic rings. The van der Waals surface area contributed by atoms with Gasteiger partial charge in [-0.3, -0.25) is 0 Å². The summed E-state index contributed by atoms with van der Waals surface area (Å²) in [6.07, 6.45) is 1.37. The van der Waals surface area contributed by atoms with Crippen molar-refractivity contribution in [2.24, 2.45) is 0 Å². The van der Waals surface area contributed by atoms with Crippen LogP contribution in [0.3, 0.4) is 0 Å². The number of nitrogens with one attached hydrogen (secondary N) is 1. The molecule has 2 saturated heterocycles. The minimum atomic E-state index is -0.795. The molecule has 5 heteroatoms. The molecule has 1 aromatic carbocycles. The van der Waals surface area contributed by atoms with Gasteiger partial charge in [-0.2, -0.15) is 5.10 Å². The van der Waals surface area contributed by atoms with Crippen LogP contribution < -0.4 is 5.32 Å². The molecule has 2 N–H and O–H groups in total. The lowest BCUT2D eigenvalue weighted by Crippen LogP contribution is -2.58. The van der Waals surface area contributed by atoms with E-state index in [4.69, 9.17) is 4.74 Å². The minimum Gasteiger partial charge on any atom is -0.385 e. The van der Waals surface area contributed by atoms with Crippen LogP contribution in [0.1, 0.15) is 29.8 Å². The number of piperidine rings is 1. The largest absolute Gasteiger partial charge is 0.385 e. The average molecular weight is 313 g/mol.